The summed E-state index contributed by atoms with van der Waals surface area (Å²) in [4.78, 5) is 23.4. The van der Waals surface area contributed by atoms with Crippen molar-refractivity contribution in [1.29, 1.82) is 0 Å². The molecule has 28 heavy (non-hydrogen) atoms. The van der Waals surface area contributed by atoms with Gasteiger partial charge in [-0.1, -0.05) is 53.2 Å². The molecule has 0 bridgehead atoms. The lowest BCUT2D eigenvalue weighted by molar-refractivity contribution is 0.0981. The fourth-order valence-electron chi connectivity index (χ4n) is 3.03. The van der Waals surface area contributed by atoms with Gasteiger partial charge in [0.25, 0.3) is 5.91 Å². The number of benzene rings is 2. The number of hydrogen-bond donors (Lipinski definition) is 0. The molecule has 4 nitrogen and oxygen atoms in total. The van der Waals surface area contributed by atoms with Gasteiger partial charge in [-0.2, -0.15) is 0 Å². The standard InChI is InChI=1S/C21H24BrN3OS2/c1-4-24(5-2)12-13-25(20(26)16-8-6-7-9-18(16)27-3)21-23-17-11-10-15(22)14-19(17)28-21/h6-11,14H,4-5,12-13H2,1-3H3. The lowest BCUT2D eigenvalue weighted by Crippen LogP contribution is -2.39. The fourth-order valence-corrected chi connectivity index (χ4v) is 5.17. The number of amides is 1. The van der Waals surface area contributed by atoms with E-state index in [0.29, 0.717) is 6.54 Å². The van der Waals surface area contributed by atoms with Crippen molar-refractivity contribution in [3.8, 4) is 0 Å². The Hall–Kier alpha value is -1.41. The second kappa shape index (κ2) is 9.87. The van der Waals surface area contributed by atoms with Crippen molar-refractivity contribution < 1.29 is 4.79 Å². The van der Waals surface area contributed by atoms with Gasteiger partial charge in [-0.15, -0.1) is 11.8 Å². The second-order valence-electron chi connectivity index (χ2n) is 6.29. The topological polar surface area (TPSA) is 36.4 Å². The number of likely N-dealkylation sites (N-methyl/N-ethyl adjacent to an activating group) is 1. The maximum absolute atomic E-state index is 13.5. The van der Waals surface area contributed by atoms with E-state index in [1.54, 1.807) is 23.1 Å². The van der Waals surface area contributed by atoms with Gasteiger partial charge in [-0.3, -0.25) is 9.69 Å². The number of hydrogen-bond acceptors (Lipinski definition) is 5. The Bertz CT molecular complexity index is 956. The lowest BCUT2D eigenvalue weighted by Gasteiger charge is -2.25. The molecule has 0 saturated heterocycles. The molecule has 0 N–H and O–H groups in total. The van der Waals surface area contributed by atoms with E-state index in [1.807, 2.05) is 47.6 Å². The van der Waals surface area contributed by atoms with Crippen molar-refractivity contribution in [1.82, 2.24) is 9.88 Å². The number of carbonyl (C=O) groups is 1. The molecule has 0 fully saturated rings. The summed E-state index contributed by atoms with van der Waals surface area (Å²) in [6.45, 7) is 7.66. The number of halogens is 1. The Morgan fingerprint density at radius 3 is 2.61 bits per heavy atom. The fraction of sp³-hybridized carbons (Fsp3) is 0.333. The van der Waals surface area contributed by atoms with Crippen LogP contribution in [0.25, 0.3) is 10.2 Å². The maximum Gasteiger partial charge on any atom is 0.261 e. The van der Waals surface area contributed by atoms with Crippen LogP contribution in [-0.4, -0.2) is 48.2 Å². The van der Waals surface area contributed by atoms with E-state index in [-0.39, 0.29) is 5.91 Å². The third kappa shape index (κ3) is 4.76. The molecule has 2 aromatic carbocycles. The van der Waals surface area contributed by atoms with Crippen LogP contribution in [0.5, 0.6) is 0 Å². The van der Waals surface area contributed by atoms with Crippen LogP contribution in [0.1, 0.15) is 24.2 Å². The zero-order valence-electron chi connectivity index (χ0n) is 16.3. The van der Waals surface area contributed by atoms with Crippen LogP contribution in [0.15, 0.2) is 51.8 Å². The van der Waals surface area contributed by atoms with Crippen molar-refractivity contribution in [2.24, 2.45) is 0 Å². The molecular formula is C21H24BrN3OS2. The van der Waals surface area contributed by atoms with Gasteiger partial charge in [0.1, 0.15) is 0 Å². The van der Waals surface area contributed by atoms with Crippen molar-refractivity contribution in [2.45, 2.75) is 18.7 Å². The average molecular weight is 478 g/mol. The van der Waals surface area contributed by atoms with Gasteiger partial charge in [-0.25, -0.2) is 4.98 Å². The summed E-state index contributed by atoms with van der Waals surface area (Å²) < 4.78 is 2.09. The van der Waals surface area contributed by atoms with Gasteiger partial charge in [0.2, 0.25) is 0 Å². The molecule has 0 spiro atoms. The molecule has 0 saturated carbocycles. The first kappa shape index (κ1) is 21.3. The lowest BCUT2D eigenvalue weighted by atomic mass is 10.2. The molecule has 0 radical (unpaired) electrons. The highest BCUT2D eigenvalue weighted by Gasteiger charge is 2.23. The summed E-state index contributed by atoms with van der Waals surface area (Å²) >= 11 is 6.68. The number of aromatic nitrogens is 1. The van der Waals surface area contributed by atoms with Crippen LogP contribution in [0.3, 0.4) is 0 Å². The first-order chi connectivity index (χ1) is 13.6. The van der Waals surface area contributed by atoms with Crippen LogP contribution in [0.2, 0.25) is 0 Å². The van der Waals surface area contributed by atoms with Crippen LogP contribution in [0.4, 0.5) is 5.13 Å². The summed E-state index contributed by atoms with van der Waals surface area (Å²) in [5, 5.41) is 0.751. The molecule has 0 aliphatic carbocycles. The number of thiazole rings is 1. The second-order valence-corrected chi connectivity index (χ2v) is 9.07. The number of thioether (sulfide) groups is 1. The Kier molecular flexibility index (Phi) is 7.51. The molecule has 3 aromatic rings. The molecule has 0 unspecified atom stereocenters. The Morgan fingerprint density at radius 2 is 1.89 bits per heavy atom. The van der Waals surface area contributed by atoms with Crippen molar-refractivity contribution in [2.75, 3.05) is 37.3 Å². The Balaban J connectivity index is 1.99. The third-order valence-corrected chi connectivity index (χ3v) is 7.02. The van der Waals surface area contributed by atoms with Gasteiger partial charge in [0.05, 0.1) is 15.8 Å². The molecule has 148 valence electrons. The molecule has 1 heterocycles. The highest BCUT2D eigenvalue weighted by Crippen LogP contribution is 2.32. The Labute approximate surface area is 183 Å². The van der Waals surface area contributed by atoms with E-state index in [1.165, 1.54) is 0 Å². The molecule has 1 aromatic heterocycles. The van der Waals surface area contributed by atoms with E-state index in [0.717, 1.165) is 49.9 Å². The summed E-state index contributed by atoms with van der Waals surface area (Å²) in [6, 6.07) is 13.8. The van der Waals surface area contributed by atoms with Gasteiger partial charge >= 0.3 is 0 Å². The first-order valence-electron chi connectivity index (χ1n) is 9.30. The normalized spacial score (nSPS) is 11.3. The van der Waals surface area contributed by atoms with E-state index in [9.17, 15) is 4.79 Å². The highest BCUT2D eigenvalue weighted by molar-refractivity contribution is 9.10. The zero-order valence-corrected chi connectivity index (χ0v) is 19.5. The van der Waals surface area contributed by atoms with E-state index in [2.05, 4.69) is 40.7 Å². The smallest absolute Gasteiger partial charge is 0.261 e. The maximum atomic E-state index is 13.5. The minimum atomic E-state index is 0.00947. The van der Waals surface area contributed by atoms with Crippen LogP contribution < -0.4 is 4.90 Å². The summed E-state index contributed by atoms with van der Waals surface area (Å²) in [7, 11) is 0. The van der Waals surface area contributed by atoms with Gasteiger partial charge < -0.3 is 4.90 Å². The predicted octanol–water partition coefficient (Wildman–Crippen LogP) is 5.77. The summed E-state index contributed by atoms with van der Waals surface area (Å²) in [5.74, 6) is 0.00947. The van der Waals surface area contributed by atoms with Gasteiger partial charge in [-0.05, 0) is 49.7 Å². The molecule has 7 heteroatoms. The Morgan fingerprint density at radius 1 is 1.14 bits per heavy atom. The molecule has 0 aliphatic heterocycles. The summed E-state index contributed by atoms with van der Waals surface area (Å²) in [6.07, 6.45) is 2.00. The molecule has 3 rings (SSSR count). The van der Waals surface area contributed by atoms with Gasteiger partial charge in [0, 0.05) is 22.5 Å². The van der Waals surface area contributed by atoms with E-state index < -0.39 is 0 Å². The molecule has 1 amide bonds. The van der Waals surface area contributed by atoms with Crippen LogP contribution in [0, 0.1) is 0 Å². The molecule has 0 atom stereocenters. The monoisotopic (exact) mass is 477 g/mol. The predicted molar refractivity (Wildman–Crippen MR) is 125 cm³/mol. The minimum absolute atomic E-state index is 0.00947. The average Bonchev–Trinajstić information content (AvgIpc) is 3.13. The van der Waals surface area contributed by atoms with Gasteiger partial charge in [0.15, 0.2) is 5.13 Å². The summed E-state index contributed by atoms with van der Waals surface area (Å²) in [5.41, 5.74) is 1.65. The number of anilines is 1. The van der Waals surface area contributed by atoms with Crippen LogP contribution in [-0.2, 0) is 0 Å². The largest absolute Gasteiger partial charge is 0.302 e. The number of rotatable bonds is 8. The molecular weight excluding hydrogens is 454 g/mol. The first-order valence-corrected chi connectivity index (χ1v) is 12.1. The third-order valence-electron chi connectivity index (χ3n) is 4.69. The van der Waals surface area contributed by atoms with E-state index in [4.69, 9.17) is 4.98 Å². The van der Waals surface area contributed by atoms with E-state index >= 15 is 0 Å². The zero-order chi connectivity index (χ0) is 20.1. The number of carbonyl (C=O) groups excluding carboxylic acids is 1. The number of nitrogens with zero attached hydrogens (tertiary/aromatic N) is 3. The SMILES string of the molecule is CCN(CC)CCN(C(=O)c1ccccc1SC)c1nc2ccc(Br)cc2s1. The minimum Gasteiger partial charge on any atom is -0.302 e. The quantitative estimate of drug-likeness (QED) is 0.385. The van der Waals surface area contributed by atoms with Crippen molar-refractivity contribution in [3.63, 3.8) is 0 Å². The van der Waals surface area contributed by atoms with Crippen LogP contribution >= 0.6 is 39.0 Å². The highest BCUT2D eigenvalue weighted by atomic mass is 79.9. The number of fused-ring (bicyclic) bond motifs is 1. The molecule has 0 aliphatic rings. The van der Waals surface area contributed by atoms with Crippen molar-refractivity contribution in [3.05, 3.63) is 52.5 Å². The van der Waals surface area contributed by atoms with Crippen molar-refractivity contribution >= 4 is 60.3 Å².